The molecule has 2 aliphatic heterocycles. The third kappa shape index (κ3) is 7.12. The molecule has 0 spiro atoms. The molecule has 0 bridgehead atoms. The first-order chi connectivity index (χ1) is 14.1. The van der Waals surface area contributed by atoms with Crippen molar-refractivity contribution in [3.63, 3.8) is 0 Å². The third-order valence-corrected chi connectivity index (χ3v) is 5.69. The molecule has 2 atom stereocenters. The monoisotopic (exact) mass is 570 g/mol. The molecule has 2 fully saturated rings. The molecular weight excluding hydrogens is 542 g/mol. The molecule has 7 nitrogen and oxygen atoms in total. The molecule has 30 heavy (non-hydrogen) atoms. The van der Waals surface area contributed by atoms with Crippen molar-refractivity contribution >= 4 is 59.0 Å². The van der Waals surface area contributed by atoms with E-state index in [1.807, 2.05) is 6.92 Å². The Morgan fingerprint density at radius 1 is 1.20 bits per heavy atom. The molecule has 3 rings (SSSR count). The highest BCUT2D eigenvalue weighted by atomic mass is 127. The van der Waals surface area contributed by atoms with Gasteiger partial charge in [0.2, 0.25) is 0 Å². The largest absolute Gasteiger partial charge is 0.375 e. The van der Waals surface area contributed by atoms with E-state index in [1.165, 1.54) is 0 Å². The van der Waals surface area contributed by atoms with Crippen LogP contribution in [0.5, 0.6) is 0 Å². The number of halogens is 3. The first-order valence-corrected chi connectivity index (χ1v) is 10.8. The Balaban J connectivity index is 0.00000320. The highest BCUT2D eigenvalue weighted by Gasteiger charge is 2.32. The summed E-state index contributed by atoms with van der Waals surface area (Å²) in [6.07, 6.45) is 2.39. The third-order valence-electron chi connectivity index (χ3n) is 4.95. The van der Waals surface area contributed by atoms with Crippen molar-refractivity contribution in [2.24, 2.45) is 4.99 Å². The summed E-state index contributed by atoms with van der Waals surface area (Å²) in [5.41, 5.74) is 0.475. The van der Waals surface area contributed by atoms with Gasteiger partial charge in [0.25, 0.3) is 5.91 Å². The van der Waals surface area contributed by atoms with Gasteiger partial charge >= 0.3 is 0 Å². The molecule has 10 heteroatoms. The summed E-state index contributed by atoms with van der Waals surface area (Å²) in [7, 11) is 0. The van der Waals surface area contributed by atoms with Crippen LogP contribution in [0.2, 0.25) is 10.0 Å². The van der Waals surface area contributed by atoms with Crippen LogP contribution < -0.4 is 10.6 Å². The first-order valence-electron chi connectivity index (χ1n) is 10.1. The van der Waals surface area contributed by atoms with Crippen LogP contribution in [-0.4, -0.2) is 74.9 Å². The second-order valence-electron chi connectivity index (χ2n) is 7.03. The normalized spacial score (nSPS) is 21.8. The molecule has 0 radical (unpaired) electrons. The van der Waals surface area contributed by atoms with Gasteiger partial charge in [-0.15, -0.1) is 24.0 Å². The summed E-state index contributed by atoms with van der Waals surface area (Å²) in [4.78, 5) is 19.1. The van der Waals surface area contributed by atoms with Crippen LogP contribution in [0.3, 0.4) is 0 Å². The number of amides is 1. The van der Waals surface area contributed by atoms with Crippen molar-refractivity contribution in [1.82, 2.24) is 15.5 Å². The van der Waals surface area contributed by atoms with E-state index in [0.717, 1.165) is 45.0 Å². The zero-order chi connectivity index (χ0) is 20.6. The number of guanidine groups is 1. The minimum absolute atomic E-state index is 0. The minimum atomic E-state index is -0.200. The Morgan fingerprint density at radius 3 is 2.70 bits per heavy atom. The summed E-state index contributed by atoms with van der Waals surface area (Å²) in [6, 6.07) is 4.82. The average molecular weight is 571 g/mol. The van der Waals surface area contributed by atoms with Gasteiger partial charge in [0.05, 0.1) is 29.3 Å². The van der Waals surface area contributed by atoms with Crippen molar-refractivity contribution in [2.75, 3.05) is 45.9 Å². The maximum atomic E-state index is 12.3. The highest BCUT2D eigenvalue weighted by Crippen LogP contribution is 2.22. The van der Waals surface area contributed by atoms with Crippen LogP contribution in [0.4, 0.5) is 0 Å². The average Bonchev–Trinajstić information content (AvgIpc) is 3.27. The van der Waals surface area contributed by atoms with Gasteiger partial charge in [0.15, 0.2) is 5.96 Å². The summed E-state index contributed by atoms with van der Waals surface area (Å²) < 4.78 is 11.7. The number of ether oxygens (including phenoxy) is 2. The molecule has 1 amide bonds. The molecule has 2 aliphatic rings. The standard InChI is InChI=1S/C20H28Cl2N4O3.HI/c1-2-23-20(26-9-11-29-18(13-26)17-4-3-10-28-17)25-8-7-24-19(27)14-5-6-15(21)16(22)12-14;/h5-6,12,17-18H,2-4,7-11,13H2,1H3,(H,23,25)(H,24,27);1H. The van der Waals surface area contributed by atoms with E-state index in [4.69, 9.17) is 32.7 Å². The van der Waals surface area contributed by atoms with E-state index < -0.39 is 0 Å². The van der Waals surface area contributed by atoms with E-state index in [2.05, 4.69) is 20.5 Å². The van der Waals surface area contributed by atoms with E-state index in [0.29, 0.717) is 35.3 Å². The molecule has 0 aliphatic carbocycles. The summed E-state index contributed by atoms with van der Waals surface area (Å²) in [5.74, 6) is 0.635. The lowest BCUT2D eigenvalue weighted by Crippen LogP contribution is -2.53. The molecule has 0 aromatic heterocycles. The molecule has 2 unspecified atom stereocenters. The van der Waals surface area contributed by atoms with Gasteiger partial charge in [0.1, 0.15) is 6.10 Å². The van der Waals surface area contributed by atoms with E-state index in [-0.39, 0.29) is 42.1 Å². The molecule has 2 saturated heterocycles. The van der Waals surface area contributed by atoms with Gasteiger partial charge in [-0.1, -0.05) is 23.2 Å². The van der Waals surface area contributed by atoms with Gasteiger partial charge < -0.3 is 25.0 Å². The second kappa shape index (κ2) is 12.9. The molecule has 2 N–H and O–H groups in total. The van der Waals surface area contributed by atoms with Crippen LogP contribution >= 0.6 is 47.2 Å². The van der Waals surface area contributed by atoms with E-state index in [9.17, 15) is 4.79 Å². The Morgan fingerprint density at radius 2 is 2.00 bits per heavy atom. The quantitative estimate of drug-likeness (QED) is 0.238. The van der Waals surface area contributed by atoms with Crippen molar-refractivity contribution in [2.45, 2.75) is 32.0 Å². The Hall–Kier alpha value is -0.810. The lowest BCUT2D eigenvalue weighted by atomic mass is 10.1. The SMILES string of the molecule is CCNC(=NCCNC(=O)c1ccc(Cl)c(Cl)c1)N1CCOC(C2CCCO2)C1.I. The highest BCUT2D eigenvalue weighted by molar-refractivity contribution is 14.0. The fourth-order valence-electron chi connectivity index (χ4n) is 3.49. The van der Waals surface area contributed by atoms with E-state index in [1.54, 1.807) is 18.2 Å². The maximum Gasteiger partial charge on any atom is 0.251 e. The van der Waals surface area contributed by atoms with Gasteiger partial charge in [-0.2, -0.15) is 0 Å². The molecule has 1 aromatic rings. The predicted octanol–water partition coefficient (Wildman–Crippen LogP) is 3.19. The number of carbonyl (C=O) groups excluding carboxylic acids is 1. The van der Waals surface area contributed by atoms with Crippen molar-refractivity contribution < 1.29 is 14.3 Å². The number of carbonyl (C=O) groups is 1. The van der Waals surface area contributed by atoms with Crippen LogP contribution in [0, 0.1) is 0 Å². The molecular formula is C20H29Cl2IN4O3. The number of hydrogen-bond acceptors (Lipinski definition) is 4. The summed E-state index contributed by atoms with van der Waals surface area (Å²) >= 11 is 11.9. The van der Waals surface area contributed by atoms with Crippen molar-refractivity contribution in [1.29, 1.82) is 0 Å². The van der Waals surface area contributed by atoms with Crippen molar-refractivity contribution in [3.8, 4) is 0 Å². The Bertz CT molecular complexity index is 732. The number of morpholine rings is 1. The zero-order valence-corrected chi connectivity index (χ0v) is 20.9. The Kier molecular flexibility index (Phi) is 10.9. The Labute approximate surface area is 204 Å². The number of hydrogen-bond donors (Lipinski definition) is 2. The van der Waals surface area contributed by atoms with Crippen LogP contribution in [-0.2, 0) is 9.47 Å². The number of nitrogens with one attached hydrogen (secondary N) is 2. The number of rotatable bonds is 6. The molecule has 2 heterocycles. The van der Waals surface area contributed by atoms with Crippen LogP contribution in [0.1, 0.15) is 30.1 Å². The fourth-order valence-corrected chi connectivity index (χ4v) is 3.78. The smallest absolute Gasteiger partial charge is 0.251 e. The minimum Gasteiger partial charge on any atom is -0.375 e. The number of benzene rings is 1. The predicted molar refractivity (Wildman–Crippen MR) is 130 cm³/mol. The van der Waals surface area contributed by atoms with E-state index >= 15 is 0 Å². The maximum absolute atomic E-state index is 12.3. The zero-order valence-electron chi connectivity index (χ0n) is 17.0. The summed E-state index contributed by atoms with van der Waals surface area (Å²) in [5, 5.41) is 6.98. The molecule has 168 valence electrons. The lowest BCUT2D eigenvalue weighted by molar-refractivity contribution is -0.0817. The van der Waals surface area contributed by atoms with Gasteiger partial charge in [-0.3, -0.25) is 9.79 Å². The molecule has 0 saturated carbocycles. The van der Waals surface area contributed by atoms with Crippen LogP contribution in [0.25, 0.3) is 0 Å². The van der Waals surface area contributed by atoms with Crippen LogP contribution in [0.15, 0.2) is 23.2 Å². The van der Waals surface area contributed by atoms with Gasteiger partial charge in [0, 0.05) is 38.3 Å². The first kappa shape index (κ1) is 25.5. The number of aliphatic imine (C=N–C) groups is 1. The topological polar surface area (TPSA) is 75.2 Å². The number of nitrogens with zero attached hydrogens (tertiary/aromatic N) is 2. The second-order valence-corrected chi connectivity index (χ2v) is 7.84. The lowest BCUT2D eigenvalue weighted by Gasteiger charge is -2.37. The summed E-state index contributed by atoms with van der Waals surface area (Å²) in [6.45, 7) is 6.72. The molecule has 1 aromatic carbocycles. The fraction of sp³-hybridized carbons (Fsp3) is 0.600. The van der Waals surface area contributed by atoms with Gasteiger partial charge in [-0.25, -0.2) is 0 Å². The van der Waals surface area contributed by atoms with Crippen molar-refractivity contribution in [3.05, 3.63) is 33.8 Å². The van der Waals surface area contributed by atoms with Gasteiger partial charge in [-0.05, 0) is 38.0 Å².